The summed E-state index contributed by atoms with van der Waals surface area (Å²) in [5.74, 6) is 0.994. The second-order valence-electron chi connectivity index (χ2n) is 8.41. The number of nitrogens with zero attached hydrogens (tertiary/aromatic N) is 4. The third-order valence-corrected chi connectivity index (χ3v) is 5.79. The number of likely N-dealkylation sites (tertiary alicyclic amines) is 1. The zero-order valence-electron chi connectivity index (χ0n) is 18.3. The van der Waals surface area contributed by atoms with Gasteiger partial charge in [0.1, 0.15) is 5.82 Å². The average Bonchev–Trinajstić information content (AvgIpc) is 3.03. The van der Waals surface area contributed by atoms with E-state index in [-0.39, 0.29) is 17.5 Å². The molecule has 0 saturated carbocycles. The van der Waals surface area contributed by atoms with E-state index in [0.29, 0.717) is 6.54 Å². The highest BCUT2D eigenvalue weighted by Gasteiger charge is 2.27. The molecule has 1 amide bonds. The second kappa shape index (κ2) is 8.89. The zero-order valence-corrected chi connectivity index (χ0v) is 18.3. The number of carbonyl (C=O) groups excluding carboxylic acids is 1. The van der Waals surface area contributed by atoms with Gasteiger partial charge in [0.05, 0.1) is 12.2 Å². The summed E-state index contributed by atoms with van der Waals surface area (Å²) in [6, 6.07) is 15.7. The van der Waals surface area contributed by atoms with Gasteiger partial charge >= 0.3 is 5.69 Å². The largest absolute Gasteiger partial charge is 0.350 e. The van der Waals surface area contributed by atoms with Crippen LogP contribution in [0.15, 0.2) is 53.3 Å². The highest BCUT2D eigenvalue weighted by Crippen LogP contribution is 2.27. The molecule has 0 spiro atoms. The molecule has 1 fully saturated rings. The Bertz CT molecular complexity index is 1100. The van der Waals surface area contributed by atoms with Crippen LogP contribution < -0.4 is 11.0 Å². The number of anilines is 1. The Labute approximate surface area is 182 Å². The van der Waals surface area contributed by atoms with E-state index in [0.717, 1.165) is 54.3 Å². The van der Waals surface area contributed by atoms with Crippen LogP contribution in [0.1, 0.15) is 35.7 Å². The first kappa shape index (κ1) is 21.1. The SMILES string of the molecule is Cc1cc(C)cc(NC(=O)CN2CCC(c3nn(C)c(=O)n3-c3ccccc3)CC2)c1. The summed E-state index contributed by atoms with van der Waals surface area (Å²) < 4.78 is 3.12. The van der Waals surface area contributed by atoms with E-state index in [1.54, 1.807) is 11.6 Å². The van der Waals surface area contributed by atoms with Crippen molar-refractivity contribution in [1.82, 2.24) is 19.2 Å². The van der Waals surface area contributed by atoms with Crippen molar-refractivity contribution in [3.05, 3.63) is 76.0 Å². The van der Waals surface area contributed by atoms with Gasteiger partial charge in [-0.2, -0.15) is 5.10 Å². The maximum absolute atomic E-state index is 12.7. The van der Waals surface area contributed by atoms with Crippen molar-refractivity contribution < 1.29 is 4.79 Å². The predicted octanol–water partition coefficient (Wildman–Crippen LogP) is 3.01. The fourth-order valence-corrected chi connectivity index (χ4v) is 4.37. The summed E-state index contributed by atoms with van der Waals surface area (Å²) in [7, 11) is 1.69. The van der Waals surface area contributed by atoms with Crippen LogP contribution in [-0.2, 0) is 11.8 Å². The highest BCUT2D eigenvalue weighted by atomic mass is 16.2. The smallest absolute Gasteiger partial charge is 0.325 e. The van der Waals surface area contributed by atoms with Gasteiger partial charge in [-0.15, -0.1) is 0 Å². The summed E-state index contributed by atoms with van der Waals surface area (Å²) in [5.41, 5.74) is 3.83. The average molecular weight is 420 g/mol. The van der Waals surface area contributed by atoms with E-state index in [1.165, 1.54) is 4.68 Å². The highest BCUT2D eigenvalue weighted by molar-refractivity contribution is 5.92. The van der Waals surface area contributed by atoms with Gasteiger partial charge in [0.15, 0.2) is 0 Å². The molecular weight excluding hydrogens is 390 g/mol. The Hall–Kier alpha value is -3.19. The number of rotatable bonds is 5. The van der Waals surface area contributed by atoms with E-state index in [1.807, 2.05) is 56.3 Å². The zero-order chi connectivity index (χ0) is 22.0. The minimum atomic E-state index is -0.128. The lowest BCUT2D eigenvalue weighted by molar-refractivity contribution is -0.117. The molecule has 0 atom stereocenters. The fourth-order valence-electron chi connectivity index (χ4n) is 4.37. The molecule has 1 saturated heterocycles. The number of benzene rings is 2. The van der Waals surface area contributed by atoms with Crippen molar-refractivity contribution in [2.45, 2.75) is 32.6 Å². The van der Waals surface area contributed by atoms with Crippen molar-refractivity contribution in [2.24, 2.45) is 7.05 Å². The Morgan fingerprint density at radius 3 is 2.35 bits per heavy atom. The maximum Gasteiger partial charge on any atom is 0.350 e. The molecule has 2 aromatic carbocycles. The summed E-state index contributed by atoms with van der Waals surface area (Å²) >= 11 is 0. The van der Waals surface area contributed by atoms with Crippen molar-refractivity contribution in [2.75, 3.05) is 25.0 Å². The second-order valence-corrected chi connectivity index (χ2v) is 8.41. The van der Waals surface area contributed by atoms with Crippen LogP contribution in [-0.4, -0.2) is 44.8 Å². The molecule has 1 aliphatic heterocycles. The molecule has 0 bridgehead atoms. The normalized spacial score (nSPS) is 15.2. The third-order valence-electron chi connectivity index (χ3n) is 5.79. The molecule has 31 heavy (non-hydrogen) atoms. The molecule has 1 aliphatic rings. The topological polar surface area (TPSA) is 72.2 Å². The van der Waals surface area contributed by atoms with Gasteiger partial charge in [-0.25, -0.2) is 14.0 Å². The van der Waals surface area contributed by atoms with Crippen LogP contribution in [0.5, 0.6) is 0 Å². The summed E-state index contributed by atoms with van der Waals surface area (Å²) in [4.78, 5) is 27.4. The number of hydrogen-bond donors (Lipinski definition) is 1. The van der Waals surface area contributed by atoms with Gasteiger partial charge in [0.25, 0.3) is 0 Å². The van der Waals surface area contributed by atoms with Gasteiger partial charge in [-0.3, -0.25) is 9.69 Å². The van der Waals surface area contributed by atoms with Gasteiger partial charge in [0, 0.05) is 18.7 Å². The Morgan fingerprint density at radius 2 is 1.71 bits per heavy atom. The number of aryl methyl sites for hydroxylation is 3. The molecule has 7 nitrogen and oxygen atoms in total. The van der Waals surface area contributed by atoms with Crippen LogP contribution in [0, 0.1) is 13.8 Å². The van der Waals surface area contributed by atoms with E-state index in [2.05, 4.69) is 21.4 Å². The monoisotopic (exact) mass is 419 g/mol. The Morgan fingerprint density at radius 1 is 1.06 bits per heavy atom. The Kier molecular flexibility index (Phi) is 6.04. The lowest BCUT2D eigenvalue weighted by atomic mass is 9.95. The number of nitrogens with one attached hydrogen (secondary N) is 1. The summed E-state index contributed by atoms with van der Waals surface area (Å²) in [6.45, 7) is 6.02. The van der Waals surface area contributed by atoms with Crippen LogP contribution in [0.4, 0.5) is 5.69 Å². The van der Waals surface area contributed by atoms with Crippen molar-refractivity contribution in [3.63, 3.8) is 0 Å². The van der Waals surface area contributed by atoms with Crippen LogP contribution in [0.3, 0.4) is 0 Å². The molecular formula is C24H29N5O2. The molecule has 0 radical (unpaired) electrons. The molecule has 1 aromatic heterocycles. The first-order valence-electron chi connectivity index (χ1n) is 10.7. The molecule has 3 aromatic rings. The number of para-hydroxylation sites is 1. The number of carbonyl (C=O) groups is 1. The number of aromatic nitrogens is 3. The van der Waals surface area contributed by atoms with Crippen molar-refractivity contribution in [3.8, 4) is 5.69 Å². The summed E-state index contributed by atoms with van der Waals surface area (Å²) in [5, 5.41) is 7.55. The van der Waals surface area contributed by atoms with Gasteiger partial charge in [-0.1, -0.05) is 24.3 Å². The van der Waals surface area contributed by atoms with E-state index >= 15 is 0 Å². The quantitative estimate of drug-likeness (QED) is 0.690. The van der Waals surface area contributed by atoms with Crippen LogP contribution in [0.2, 0.25) is 0 Å². The number of amides is 1. The van der Waals surface area contributed by atoms with E-state index < -0.39 is 0 Å². The molecule has 7 heteroatoms. The Balaban J connectivity index is 1.40. The minimum Gasteiger partial charge on any atom is -0.325 e. The predicted molar refractivity (Wildman–Crippen MR) is 122 cm³/mol. The lowest BCUT2D eigenvalue weighted by Crippen LogP contribution is -2.39. The lowest BCUT2D eigenvalue weighted by Gasteiger charge is -2.31. The van der Waals surface area contributed by atoms with Crippen LogP contribution in [0.25, 0.3) is 5.69 Å². The first-order valence-corrected chi connectivity index (χ1v) is 10.7. The standard InChI is InChI=1S/C24H29N5O2/c1-17-13-18(2)15-20(14-17)25-22(30)16-28-11-9-19(10-12-28)23-26-27(3)24(31)29(23)21-7-5-4-6-8-21/h4-8,13-15,19H,9-12,16H2,1-3H3,(H,25,30). The van der Waals surface area contributed by atoms with Gasteiger partial charge in [0.2, 0.25) is 5.91 Å². The van der Waals surface area contributed by atoms with Crippen LogP contribution >= 0.6 is 0 Å². The molecule has 0 unspecified atom stereocenters. The van der Waals surface area contributed by atoms with Crippen molar-refractivity contribution >= 4 is 11.6 Å². The summed E-state index contributed by atoms with van der Waals surface area (Å²) in [6.07, 6.45) is 1.72. The molecule has 4 rings (SSSR count). The van der Waals surface area contributed by atoms with Gasteiger partial charge < -0.3 is 5.32 Å². The fraction of sp³-hybridized carbons (Fsp3) is 0.375. The molecule has 2 heterocycles. The maximum atomic E-state index is 12.7. The molecule has 1 N–H and O–H groups in total. The minimum absolute atomic E-state index is 0.00230. The van der Waals surface area contributed by atoms with Gasteiger partial charge in [-0.05, 0) is 75.2 Å². The molecule has 0 aliphatic carbocycles. The first-order chi connectivity index (χ1) is 14.9. The van der Waals surface area contributed by atoms with E-state index in [4.69, 9.17) is 0 Å². The van der Waals surface area contributed by atoms with Crippen molar-refractivity contribution in [1.29, 1.82) is 0 Å². The molecule has 162 valence electrons. The third kappa shape index (κ3) is 4.77. The van der Waals surface area contributed by atoms with E-state index in [9.17, 15) is 9.59 Å². The number of hydrogen-bond acceptors (Lipinski definition) is 4. The number of piperidine rings is 1.